The van der Waals surface area contributed by atoms with E-state index in [0.717, 1.165) is 37.0 Å². The lowest BCUT2D eigenvalue weighted by atomic mass is 10.1. The third-order valence-corrected chi connectivity index (χ3v) is 4.68. The van der Waals surface area contributed by atoms with Gasteiger partial charge in [0.25, 0.3) is 5.56 Å². The van der Waals surface area contributed by atoms with Crippen LogP contribution in [0, 0.1) is 0 Å². The van der Waals surface area contributed by atoms with Gasteiger partial charge in [-0.15, -0.1) is 0 Å². The van der Waals surface area contributed by atoms with Crippen LogP contribution in [0.4, 0.5) is 0 Å². The van der Waals surface area contributed by atoms with E-state index >= 15 is 0 Å². The van der Waals surface area contributed by atoms with Gasteiger partial charge in [0, 0.05) is 32.2 Å². The molecule has 1 aromatic carbocycles. The molecule has 5 nitrogen and oxygen atoms in total. The number of hydrogen-bond acceptors (Lipinski definition) is 4. The summed E-state index contributed by atoms with van der Waals surface area (Å²) in [6, 6.07) is 6.33. The highest BCUT2D eigenvalue weighted by molar-refractivity contribution is 5.78. The van der Waals surface area contributed by atoms with Gasteiger partial charge in [-0.2, -0.15) is 0 Å². The maximum Gasteiger partial charge on any atom is 0.261 e. The van der Waals surface area contributed by atoms with Crippen molar-refractivity contribution in [2.75, 3.05) is 33.7 Å². The molecule has 118 valence electrons. The first kappa shape index (κ1) is 15.2. The summed E-state index contributed by atoms with van der Waals surface area (Å²) in [6.07, 6.45) is 2.62. The molecule has 1 fully saturated rings. The molecule has 0 saturated carbocycles. The van der Waals surface area contributed by atoms with Crippen molar-refractivity contribution in [2.45, 2.75) is 25.9 Å². The molecule has 1 aromatic heterocycles. The quantitative estimate of drug-likeness (QED) is 0.854. The van der Waals surface area contributed by atoms with E-state index in [9.17, 15) is 4.79 Å². The molecule has 5 heteroatoms. The van der Waals surface area contributed by atoms with Crippen LogP contribution in [-0.2, 0) is 13.0 Å². The fourth-order valence-corrected chi connectivity index (χ4v) is 3.08. The van der Waals surface area contributed by atoms with Crippen LogP contribution in [0.5, 0.6) is 0 Å². The summed E-state index contributed by atoms with van der Waals surface area (Å²) in [5, 5.41) is 0.730. The van der Waals surface area contributed by atoms with Crippen LogP contribution in [-0.4, -0.2) is 59.1 Å². The highest BCUT2D eigenvalue weighted by Crippen LogP contribution is 2.12. The van der Waals surface area contributed by atoms with Gasteiger partial charge in [0.05, 0.1) is 17.2 Å². The Kier molecular flexibility index (Phi) is 4.27. The number of rotatable bonds is 3. The van der Waals surface area contributed by atoms with E-state index in [0.29, 0.717) is 12.6 Å². The minimum atomic E-state index is 0.0712. The van der Waals surface area contributed by atoms with Gasteiger partial charge in [0.15, 0.2) is 0 Å². The Morgan fingerprint density at radius 1 is 1.27 bits per heavy atom. The van der Waals surface area contributed by atoms with E-state index in [-0.39, 0.29) is 5.56 Å². The normalized spacial score (nSPS) is 20.6. The Labute approximate surface area is 131 Å². The molecule has 0 spiro atoms. The summed E-state index contributed by atoms with van der Waals surface area (Å²) >= 11 is 0. The molecule has 0 amide bonds. The van der Waals surface area contributed by atoms with Crippen LogP contribution in [0.15, 0.2) is 29.3 Å². The number of hydrogen-bond donors (Lipinski definition) is 0. The van der Waals surface area contributed by atoms with Crippen molar-refractivity contribution in [1.82, 2.24) is 19.4 Å². The van der Waals surface area contributed by atoms with Crippen molar-refractivity contribution in [3.8, 4) is 0 Å². The molecule has 0 radical (unpaired) electrons. The number of aryl methyl sites for hydroxylation is 1. The topological polar surface area (TPSA) is 41.4 Å². The first-order chi connectivity index (χ1) is 10.6. The molecule has 0 bridgehead atoms. The van der Waals surface area contributed by atoms with Crippen molar-refractivity contribution in [3.05, 3.63) is 40.4 Å². The van der Waals surface area contributed by atoms with Crippen LogP contribution in [0.2, 0.25) is 0 Å². The number of likely N-dealkylation sites (N-methyl/N-ethyl adjacent to an activating group) is 2. The van der Waals surface area contributed by atoms with Crippen molar-refractivity contribution in [1.29, 1.82) is 0 Å². The average Bonchev–Trinajstić information content (AvgIpc) is 2.53. The van der Waals surface area contributed by atoms with E-state index < -0.39 is 0 Å². The minimum Gasteiger partial charge on any atom is -0.303 e. The molecule has 2 heterocycles. The Bertz CT molecular complexity index is 724. The summed E-state index contributed by atoms with van der Waals surface area (Å²) in [4.78, 5) is 21.9. The smallest absolute Gasteiger partial charge is 0.261 e. The lowest BCUT2D eigenvalue weighted by Gasteiger charge is -2.37. The fourth-order valence-electron chi connectivity index (χ4n) is 3.08. The molecule has 1 aliphatic rings. The van der Waals surface area contributed by atoms with Gasteiger partial charge in [-0.1, -0.05) is 13.0 Å². The standard InChI is InChI=1S/C17H24N4O/c1-4-13-5-6-16-15(9-13)17(22)21(12-18-16)11-14-10-19(2)7-8-20(14)3/h5-6,9,12,14H,4,7-8,10-11H2,1-3H3. The molecule has 0 aliphatic carbocycles. The number of nitrogens with zero attached hydrogens (tertiary/aromatic N) is 4. The second-order valence-corrected chi connectivity index (χ2v) is 6.30. The zero-order valence-corrected chi connectivity index (χ0v) is 13.6. The lowest BCUT2D eigenvalue weighted by Crippen LogP contribution is -2.52. The SMILES string of the molecule is CCc1ccc2ncn(CC3CN(C)CCN3C)c(=O)c2c1. The molecular weight excluding hydrogens is 276 g/mol. The van der Waals surface area contributed by atoms with Crippen LogP contribution in [0.1, 0.15) is 12.5 Å². The first-order valence-corrected chi connectivity index (χ1v) is 7.95. The van der Waals surface area contributed by atoms with Gasteiger partial charge in [-0.05, 0) is 38.2 Å². The number of aromatic nitrogens is 2. The van der Waals surface area contributed by atoms with Gasteiger partial charge >= 0.3 is 0 Å². The molecule has 1 atom stereocenters. The Morgan fingerprint density at radius 2 is 2.09 bits per heavy atom. The van der Waals surface area contributed by atoms with Crippen LogP contribution in [0.3, 0.4) is 0 Å². The van der Waals surface area contributed by atoms with E-state index in [2.05, 4.69) is 35.8 Å². The highest BCUT2D eigenvalue weighted by Gasteiger charge is 2.23. The van der Waals surface area contributed by atoms with E-state index in [1.807, 2.05) is 18.2 Å². The molecule has 0 N–H and O–H groups in total. The van der Waals surface area contributed by atoms with E-state index in [1.165, 1.54) is 5.56 Å². The van der Waals surface area contributed by atoms with E-state index in [4.69, 9.17) is 0 Å². The summed E-state index contributed by atoms with van der Waals surface area (Å²) in [6.45, 7) is 5.90. The third-order valence-electron chi connectivity index (χ3n) is 4.68. The summed E-state index contributed by atoms with van der Waals surface area (Å²) in [7, 11) is 4.27. The average molecular weight is 300 g/mol. The monoisotopic (exact) mass is 300 g/mol. The van der Waals surface area contributed by atoms with Gasteiger partial charge in [-0.3, -0.25) is 14.3 Å². The van der Waals surface area contributed by atoms with Crippen molar-refractivity contribution >= 4 is 10.9 Å². The Hall–Kier alpha value is -1.72. The first-order valence-electron chi connectivity index (χ1n) is 7.95. The maximum absolute atomic E-state index is 12.7. The summed E-state index contributed by atoms with van der Waals surface area (Å²) in [5.74, 6) is 0. The summed E-state index contributed by atoms with van der Waals surface area (Å²) in [5.41, 5.74) is 2.04. The molecular formula is C17H24N4O. The predicted octanol–water partition coefficient (Wildman–Crippen LogP) is 1.20. The fraction of sp³-hybridized carbons (Fsp3) is 0.529. The van der Waals surface area contributed by atoms with Crippen molar-refractivity contribution in [2.24, 2.45) is 0 Å². The maximum atomic E-state index is 12.7. The van der Waals surface area contributed by atoms with Crippen LogP contribution in [0.25, 0.3) is 10.9 Å². The Balaban J connectivity index is 1.93. The van der Waals surface area contributed by atoms with Gasteiger partial charge in [-0.25, -0.2) is 4.98 Å². The van der Waals surface area contributed by atoms with E-state index in [1.54, 1.807) is 10.9 Å². The van der Waals surface area contributed by atoms with Crippen molar-refractivity contribution < 1.29 is 0 Å². The molecule has 2 aromatic rings. The molecule has 1 unspecified atom stereocenters. The zero-order chi connectivity index (χ0) is 15.7. The largest absolute Gasteiger partial charge is 0.303 e. The number of fused-ring (bicyclic) bond motifs is 1. The number of piperazine rings is 1. The molecule has 22 heavy (non-hydrogen) atoms. The lowest BCUT2D eigenvalue weighted by molar-refractivity contribution is 0.102. The van der Waals surface area contributed by atoms with Gasteiger partial charge in [0.1, 0.15) is 0 Å². The molecule has 1 saturated heterocycles. The van der Waals surface area contributed by atoms with Gasteiger partial charge in [0.2, 0.25) is 0 Å². The molecule has 3 rings (SSSR count). The van der Waals surface area contributed by atoms with Crippen molar-refractivity contribution in [3.63, 3.8) is 0 Å². The molecule has 1 aliphatic heterocycles. The third kappa shape index (κ3) is 2.91. The predicted molar refractivity (Wildman–Crippen MR) is 89.3 cm³/mol. The Morgan fingerprint density at radius 3 is 2.86 bits per heavy atom. The van der Waals surface area contributed by atoms with Crippen LogP contribution >= 0.6 is 0 Å². The zero-order valence-electron chi connectivity index (χ0n) is 13.6. The minimum absolute atomic E-state index is 0.0712. The number of benzene rings is 1. The van der Waals surface area contributed by atoms with Gasteiger partial charge < -0.3 is 4.90 Å². The highest BCUT2D eigenvalue weighted by atomic mass is 16.1. The van der Waals surface area contributed by atoms with Crippen LogP contribution < -0.4 is 5.56 Å². The second kappa shape index (κ2) is 6.18. The second-order valence-electron chi connectivity index (χ2n) is 6.30. The summed E-state index contributed by atoms with van der Waals surface area (Å²) < 4.78 is 1.77.